The monoisotopic (exact) mass is 355 g/mol. The van der Waals surface area contributed by atoms with Gasteiger partial charge < -0.3 is 15.4 Å². The van der Waals surface area contributed by atoms with Crippen molar-refractivity contribution in [1.29, 1.82) is 0 Å². The molecule has 1 saturated heterocycles. The van der Waals surface area contributed by atoms with Gasteiger partial charge in [-0.25, -0.2) is 0 Å². The fourth-order valence-corrected chi connectivity index (χ4v) is 2.68. The molecule has 1 aliphatic heterocycles. The van der Waals surface area contributed by atoms with Crippen LogP contribution in [-0.4, -0.2) is 56.2 Å². The normalized spacial score (nSPS) is 19.4. The number of carbonyl (C=O) groups is 1. The van der Waals surface area contributed by atoms with Crippen molar-refractivity contribution in [3.63, 3.8) is 0 Å². The number of para-hydroxylation sites is 1. The van der Waals surface area contributed by atoms with Gasteiger partial charge in [-0.3, -0.25) is 9.69 Å². The van der Waals surface area contributed by atoms with Crippen molar-refractivity contribution >= 4 is 27.5 Å². The third-order valence-corrected chi connectivity index (χ3v) is 4.17. The first-order valence-corrected chi connectivity index (χ1v) is 8.07. The fraction of sp³-hybridized carbons (Fsp3) is 0.533. The van der Waals surface area contributed by atoms with E-state index in [9.17, 15) is 4.79 Å². The molecule has 6 heteroatoms. The zero-order valence-corrected chi connectivity index (χ0v) is 13.9. The first-order valence-electron chi connectivity index (χ1n) is 7.28. The molecule has 0 bridgehead atoms. The van der Waals surface area contributed by atoms with E-state index in [2.05, 4.69) is 38.4 Å². The van der Waals surface area contributed by atoms with Gasteiger partial charge in [0.25, 0.3) is 0 Å². The van der Waals surface area contributed by atoms with E-state index in [1.54, 1.807) is 0 Å². The molecule has 116 valence electrons. The lowest BCUT2D eigenvalue weighted by molar-refractivity contribution is -0.115. The lowest BCUT2D eigenvalue weighted by atomic mass is 10.2. The number of rotatable bonds is 6. The van der Waals surface area contributed by atoms with Gasteiger partial charge in [0, 0.05) is 24.1 Å². The maximum Gasteiger partial charge on any atom is 0.238 e. The van der Waals surface area contributed by atoms with Crippen LogP contribution < -0.4 is 10.6 Å². The van der Waals surface area contributed by atoms with Crippen LogP contribution in [0.4, 0.5) is 5.69 Å². The Kier molecular flexibility index (Phi) is 6.63. The number of anilines is 1. The van der Waals surface area contributed by atoms with Gasteiger partial charge in [-0.15, -0.1) is 0 Å². The van der Waals surface area contributed by atoms with Crippen LogP contribution >= 0.6 is 15.9 Å². The number of nitrogens with zero attached hydrogens (tertiary/aromatic N) is 1. The molecule has 1 aliphatic rings. The quantitative estimate of drug-likeness (QED) is 0.815. The van der Waals surface area contributed by atoms with E-state index in [0.717, 1.165) is 36.4 Å². The van der Waals surface area contributed by atoms with Crippen molar-refractivity contribution in [1.82, 2.24) is 10.2 Å². The van der Waals surface area contributed by atoms with E-state index < -0.39 is 0 Å². The van der Waals surface area contributed by atoms with Gasteiger partial charge in [0.2, 0.25) is 5.91 Å². The molecule has 0 aromatic heterocycles. The Morgan fingerprint density at radius 3 is 3.05 bits per heavy atom. The summed E-state index contributed by atoms with van der Waals surface area (Å²) in [5.74, 6) is -0.0509. The fourth-order valence-electron chi connectivity index (χ4n) is 2.29. The van der Waals surface area contributed by atoms with Crippen LogP contribution in [-0.2, 0) is 9.53 Å². The van der Waals surface area contributed by atoms with E-state index in [1.807, 2.05) is 24.3 Å². The molecule has 21 heavy (non-hydrogen) atoms. The van der Waals surface area contributed by atoms with Crippen molar-refractivity contribution in [2.45, 2.75) is 13.0 Å². The highest BCUT2D eigenvalue weighted by molar-refractivity contribution is 9.10. The van der Waals surface area contributed by atoms with Gasteiger partial charge in [0.05, 0.1) is 24.9 Å². The van der Waals surface area contributed by atoms with E-state index in [0.29, 0.717) is 6.54 Å². The third-order valence-electron chi connectivity index (χ3n) is 3.48. The van der Waals surface area contributed by atoms with Crippen molar-refractivity contribution in [3.05, 3.63) is 28.7 Å². The van der Waals surface area contributed by atoms with Gasteiger partial charge in [-0.2, -0.15) is 0 Å². The molecule has 1 amide bonds. The molecule has 1 aromatic rings. The number of hydrogen-bond acceptors (Lipinski definition) is 4. The minimum atomic E-state index is -0.0509. The van der Waals surface area contributed by atoms with Gasteiger partial charge in [0.15, 0.2) is 0 Å². The first kappa shape index (κ1) is 16.4. The van der Waals surface area contributed by atoms with Crippen molar-refractivity contribution in [3.8, 4) is 0 Å². The smallest absolute Gasteiger partial charge is 0.238 e. The summed E-state index contributed by atoms with van der Waals surface area (Å²) in [5.41, 5.74) is 0.787. The van der Waals surface area contributed by atoms with Crippen LogP contribution in [0.25, 0.3) is 0 Å². The molecule has 0 saturated carbocycles. The molecule has 1 heterocycles. The maximum atomic E-state index is 11.9. The summed E-state index contributed by atoms with van der Waals surface area (Å²) in [5, 5.41) is 6.03. The van der Waals surface area contributed by atoms with Crippen LogP contribution in [0, 0.1) is 0 Å². The number of nitrogens with one attached hydrogen (secondary N) is 2. The molecule has 2 rings (SSSR count). The third kappa shape index (κ3) is 5.39. The Hall–Kier alpha value is -0.950. The number of carbonyl (C=O) groups excluding carboxylic acids is 1. The molecular weight excluding hydrogens is 334 g/mol. The van der Waals surface area contributed by atoms with Crippen molar-refractivity contribution in [2.24, 2.45) is 0 Å². The summed E-state index contributed by atoms with van der Waals surface area (Å²) in [4.78, 5) is 14.2. The number of amides is 1. The minimum Gasteiger partial charge on any atom is -0.374 e. The lowest BCUT2D eigenvalue weighted by Gasteiger charge is -2.32. The molecule has 0 aliphatic carbocycles. The SMILES string of the molecule is CCN1CCOC(CNCC(=O)Nc2ccccc2Br)C1. The molecule has 0 radical (unpaired) electrons. The van der Waals surface area contributed by atoms with Crippen molar-refractivity contribution in [2.75, 3.05) is 44.6 Å². The molecule has 1 aromatic carbocycles. The Morgan fingerprint density at radius 2 is 2.29 bits per heavy atom. The maximum absolute atomic E-state index is 11.9. The molecule has 1 fully saturated rings. The van der Waals surface area contributed by atoms with E-state index >= 15 is 0 Å². The Bertz CT molecular complexity index is 470. The Morgan fingerprint density at radius 1 is 1.48 bits per heavy atom. The largest absolute Gasteiger partial charge is 0.374 e. The van der Waals surface area contributed by atoms with Crippen molar-refractivity contribution < 1.29 is 9.53 Å². The summed E-state index contributed by atoms with van der Waals surface area (Å²) in [7, 11) is 0. The zero-order chi connectivity index (χ0) is 15.1. The van der Waals surface area contributed by atoms with Crippen LogP contribution in [0.15, 0.2) is 28.7 Å². The number of benzene rings is 1. The van der Waals surface area contributed by atoms with Gasteiger partial charge in [-0.1, -0.05) is 19.1 Å². The molecule has 0 spiro atoms. The average Bonchev–Trinajstić information content (AvgIpc) is 2.50. The zero-order valence-electron chi connectivity index (χ0n) is 12.3. The predicted octanol–water partition coefficient (Wildman–Crippen LogP) is 1.70. The van der Waals surface area contributed by atoms with Gasteiger partial charge in [-0.05, 0) is 34.6 Å². The number of likely N-dealkylation sites (N-methyl/N-ethyl adjacent to an activating group) is 1. The summed E-state index contributed by atoms with van der Waals surface area (Å²) >= 11 is 3.41. The standard InChI is InChI=1S/C15H22BrN3O2/c1-2-19-7-8-21-12(11-19)9-17-10-15(20)18-14-6-4-3-5-13(14)16/h3-6,12,17H,2,7-11H2,1H3,(H,18,20). The van der Waals surface area contributed by atoms with Crippen LogP contribution in [0.3, 0.4) is 0 Å². The first-order chi connectivity index (χ1) is 10.2. The molecule has 2 N–H and O–H groups in total. The summed E-state index contributed by atoms with van der Waals surface area (Å²) in [6.45, 7) is 6.87. The second-order valence-electron chi connectivity index (χ2n) is 5.04. The highest BCUT2D eigenvalue weighted by Gasteiger charge is 2.18. The highest BCUT2D eigenvalue weighted by atomic mass is 79.9. The summed E-state index contributed by atoms with van der Waals surface area (Å²) in [6.07, 6.45) is 0.162. The second-order valence-corrected chi connectivity index (χ2v) is 5.90. The average molecular weight is 356 g/mol. The lowest BCUT2D eigenvalue weighted by Crippen LogP contribution is -2.47. The van der Waals surface area contributed by atoms with Gasteiger partial charge >= 0.3 is 0 Å². The minimum absolute atomic E-state index is 0.0509. The Balaban J connectivity index is 1.69. The number of ether oxygens (including phenoxy) is 1. The van der Waals surface area contributed by atoms with E-state index in [-0.39, 0.29) is 18.6 Å². The topological polar surface area (TPSA) is 53.6 Å². The molecule has 1 unspecified atom stereocenters. The predicted molar refractivity (Wildman–Crippen MR) is 87.5 cm³/mol. The highest BCUT2D eigenvalue weighted by Crippen LogP contribution is 2.20. The van der Waals surface area contributed by atoms with Gasteiger partial charge in [0.1, 0.15) is 0 Å². The molecule has 1 atom stereocenters. The number of hydrogen-bond donors (Lipinski definition) is 2. The van der Waals surface area contributed by atoms with Crippen LogP contribution in [0.1, 0.15) is 6.92 Å². The summed E-state index contributed by atoms with van der Waals surface area (Å²) < 4.78 is 6.57. The van der Waals surface area contributed by atoms with E-state index in [1.165, 1.54) is 0 Å². The second kappa shape index (κ2) is 8.48. The number of halogens is 1. The van der Waals surface area contributed by atoms with Crippen LogP contribution in [0.2, 0.25) is 0 Å². The summed E-state index contributed by atoms with van der Waals surface area (Å²) in [6, 6.07) is 7.57. The van der Waals surface area contributed by atoms with Crippen LogP contribution in [0.5, 0.6) is 0 Å². The number of morpholine rings is 1. The molecular formula is C15H22BrN3O2. The Labute approximate surface area is 134 Å². The molecule has 5 nitrogen and oxygen atoms in total. The van der Waals surface area contributed by atoms with E-state index in [4.69, 9.17) is 4.74 Å².